The Hall–Kier alpha value is -2.74. The van der Waals surface area contributed by atoms with Crippen LogP contribution in [0.15, 0.2) is 24.5 Å². The van der Waals surface area contributed by atoms with Crippen molar-refractivity contribution in [2.45, 2.75) is 39.2 Å². The smallest absolute Gasteiger partial charge is 0.224 e. The van der Waals surface area contributed by atoms with E-state index >= 15 is 0 Å². The monoisotopic (exact) mass is 420 g/mol. The zero-order chi connectivity index (χ0) is 21.2. The number of nitrogens with one attached hydrogen (secondary N) is 1. The van der Waals surface area contributed by atoms with Crippen LogP contribution < -0.4 is 10.2 Å². The highest BCUT2D eigenvalue weighted by molar-refractivity contribution is 5.91. The Morgan fingerprint density at radius 1 is 1.03 bits per heavy atom. The molecule has 0 bridgehead atoms. The second-order valence-electron chi connectivity index (χ2n) is 8.69. The molecule has 0 radical (unpaired) electrons. The van der Waals surface area contributed by atoms with E-state index in [1.807, 2.05) is 19.4 Å². The van der Waals surface area contributed by atoms with Crippen molar-refractivity contribution in [3.8, 4) is 11.3 Å². The summed E-state index contributed by atoms with van der Waals surface area (Å²) >= 11 is 0. The van der Waals surface area contributed by atoms with Crippen LogP contribution in [0.2, 0.25) is 0 Å². The number of rotatable bonds is 6. The predicted octanol–water partition coefficient (Wildman–Crippen LogP) is 3.26. The molecule has 1 saturated carbocycles. The molecule has 4 heterocycles. The van der Waals surface area contributed by atoms with Crippen LogP contribution in [0.4, 0.5) is 11.8 Å². The van der Waals surface area contributed by atoms with Crippen molar-refractivity contribution in [3.63, 3.8) is 0 Å². The van der Waals surface area contributed by atoms with Crippen LogP contribution in [0.3, 0.4) is 0 Å². The fourth-order valence-electron chi connectivity index (χ4n) is 4.86. The van der Waals surface area contributed by atoms with Crippen LogP contribution in [0.5, 0.6) is 0 Å². The molecule has 2 aliphatic rings. The minimum Gasteiger partial charge on any atom is -0.357 e. The van der Waals surface area contributed by atoms with Crippen LogP contribution >= 0.6 is 0 Å². The lowest BCUT2D eigenvalue weighted by atomic mass is 10.1. The first-order chi connectivity index (χ1) is 15.2. The minimum absolute atomic E-state index is 0.631. The zero-order valence-corrected chi connectivity index (χ0v) is 18.6. The number of anilines is 2. The van der Waals surface area contributed by atoms with E-state index in [-0.39, 0.29) is 0 Å². The van der Waals surface area contributed by atoms with Crippen molar-refractivity contribution in [2.24, 2.45) is 5.92 Å². The van der Waals surface area contributed by atoms with Crippen LogP contribution in [-0.2, 0) is 6.54 Å². The molecule has 31 heavy (non-hydrogen) atoms. The summed E-state index contributed by atoms with van der Waals surface area (Å²) in [5.41, 5.74) is 2.85. The van der Waals surface area contributed by atoms with Crippen molar-refractivity contribution in [3.05, 3.63) is 24.5 Å². The standard InChI is InChI=1S/C23H32N8/c1-3-29-10-12-30(13-11-29)20-9-8-18(14-25-20)21-19-15-26-23(24-2)27-22(19)31(28-21)16-17-6-4-5-7-17/h8-9,14-15,17H,3-7,10-13,16H2,1-2H3,(H,24,26,27). The van der Waals surface area contributed by atoms with Gasteiger partial charge in [-0.05, 0) is 37.4 Å². The van der Waals surface area contributed by atoms with E-state index in [1.165, 1.54) is 25.7 Å². The molecular formula is C23H32N8. The Labute approximate surface area is 183 Å². The molecule has 3 aromatic rings. The summed E-state index contributed by atoms with van der Waals surface area (Å²) in [5, 5.41) is 9.03. The van der Waals surface area contributed by atoms with E-state index in [2.05, 4.69) is 43.8 Å². The molecule has 1 N–H and O–H groups in total. The highest BCUT2D eigenvalue weighted by Gasteiger charge is 2.21. The van der Waals surface area contributed by atoms with Gasteiger partial charge in [0, 0.05) is 57.7 Å². The number of hydrogen-bond donors (Lipinski definition) is 1. The Morgan fingerprint density at radius 2 is 1.84 bits per heavy atom. The maximum Gasteiger partial charge on any atom is 0.224 e. The van der Waals surface area contributed by atoms with Gasteiger partial charge in [-0.3, -0.25) is 0 Å². The normalized spacial score (nSPS) is 18.2. The molecule has 3 aromatic heterocycles. The summed E-state index contributed by atoms with van der Waals surface area (Å²) in [6.07, 6.45) is 9.05. The third-order valence-corrected chi connectivity index (χ3v) is 6.78. The van der Waals surface area contributed by atoms with Crippen molar-refractivity contribution in [2.75, 3.05) is 50.0 Å². The molecule has 1 saturated heterocycles. The first-order valence-corrected chi connectivity index (χ1v) is 11.6. The van der Waals surface area contributed by atoms with Crippen molar-refractivity contribution in [1.82, 2.24) is 29.6 Å². The number of likely N-dealkylation sites (N-methyl/N-ethyl adjacent to an activating group) is 1. The first kappa shape index (κ1) is 20.2. The van der Waals surface area contributed by atoms with Crippen LogP contribution in [0, 0.1) is 5.92 Å². The van der Waals surface area contributed by atoms with Crippen LogP contribution in [0.1, 0.15) is 32.6 Å². The second-order valence-corrected chi connectivity index (χ2v) is 8.69. The third-order valence-electron chi connectivity index (χ3n) is 6.78. The highest BCUT2D eigenvalue weighted by atomic mass is 15.3. The average molecular weight is 421 g/mol. The minimum atomic E-state index is 0.631. The van der Waals surface area contributed by atoms with Crippen molar-refractivity contribution < 1.29 is 0 Å². The summed E-state index contributed by atoms with van der Waals surface area (Å²) in [7, 11) is 1.85. The Balaban J connectivity index is 1.44. The summed E-state index contributed by atoms with van der Waals surface area (Å²) in [6, 6.07) is 4.27. The van der Waals surface area contributed by atoms with Gasteiger partial charge in [0.15, 0.2) is 5.65 Å². The topological polar surface area (TPSA) is 75.0 Å². The lowest BCUT2D eigenvalue weighted by Crippen LogP contribution is -2.46. The number of piperazine rings is 1. The fourth-order valence-corrected chi connectivity index (χ4v) is 4.86. The molecule has 0 atom stereocenters. The van der Waals surface area contributed by atoms with Gasteiger partial charge in [0.2, 0.25) is 5.95 Å². The van der Waals surface area contributed by atoms with Gasteiger partial charge >= 0.3 is 0 Å². The van der Waals surface area contributed by atoms with Crippen LogP contribution in [-0.4, -0.2) is 69.4 Å². The average Bonchev–Trinajstić information content (AvgIpc) is 3.47. The van der Waals surface area contributed by atoms with E-state index in [4.69, 9.17) is 15.1 Å². The Kier molecular flexibility index (Phi) is 5.72. The summed E-state index contributed by atoms with van der Waals surface area (Å²) < 4.78 is 2.08. The van der Waals surface area contributed by atoms with Gasteiger partial charge in [0.1, 0.15) is 11.5 Å². The maximum atomic E-state index is 4.99. The molecule has 2 fully saturated rings. The summed E-state index contributed by atoms with van der Waals surface area (Å²) in [5.74, 6) is 2.36. The molecule has 164 valence electrons. The van der Waals surface area contributed by atoms with E-state index in [9.17, 15) is 0 Å². The number of nitrogens with zero attached hydrogens (tertiary/aromatic N) is 7. The first-order valence-electron chi connectivity index (χ1n) is 11.6. The number of aromatic nitrogens is 5. The van der Waals surface area contributed by atoms with E-state index in [0.717, 1.165) is 67.4 Å². The van der Waals surface area contributed by atoms with Crippen LogP contribution in [0.25, 0.3) is 22.3 Å². The molecule has 1 aliphatic carbocycles. The van der Waals surface area contributed by atoms with Gasteiger partial charge in [-0.1, -0.05) is 19.8 Å². The molecule has 8 nitrogen and oxygen atoms in total. The van der Waals surface area contributed by atoms with Gasteiger partial charge < -0.3 is 15.1 Å². The quantitative estimate of drug-likeness (QED) is 0.656. The van der Waals surface area contributed by atoms with Gasteiger partial charge in [0.25, 0.3) is 0 Å². The van der Waals surface area contributed by atoms with Gasteiger partial charge in [-0.15, -0.1) is 0 Å². The number of pyridine rings is 1. The lowest BCUT2D eigenvalue weighted by molar-refractivity contribution is 0.270. The van der Waals surface area contributed by atoms with Gasteiger partial charge in [0.05, 0.1) is 5.39 Å². The predicted molar refractivity (Wildman–Crippen MR) is 124 cm³/mol. The van der Waals surface area contributed by atoms with Crippen molar-refractivity contribution in [1.29, 1.82) is 0 Å². The second kappa shape index (κ2) is 8.78. The third kappa shape index (κ3) is 4.08. The van der Waals surface area contributed by atoms with E-state index in [0.29, 0.717) is 11.9 Å². The largest absolute Gasteiger partial charge is 0.357 e. The molecule has 0 aromatic carbocycles. The Morgan fingerprint density at radius 3 is 2.52 bits per heavy atom. The zero-order valence-electron chi connectivity index (χ0n) is 18.6. The Bertz CT molecular complexity index is 1010. The molecule has 1 aliphatic heterocycles. The maximum absolute atomic E-state index is 4.99. The summed E-state index contributed by atoms with van der Waals surface area (Å²) in [4.78, 5) is 18.8. The molecule has 0 unspecified atom stereocenters. The number of hydrogen-bond acceptors (Lipinski definition) is 7. The summed E-state index contributed by atoms with van der Waals surface area (Å²) in [6.45, 7) is 8.52. The number of fused-ring (bicyclic) bond motifs is 1. The SMILES string of the molecule is CCN1CCN(c2ccc(-c3nn(CC4CCCC4)c4nc(NC)ncc34)cn2)CC1. The van der Waals surface area contributed by atoms with E-state index in [1.54, 1.807) is 0 Å². The lowest BCUT2D eigenvalue weighted by Gasteiger charge is -2.34. The molecule has 0 amide bonds. The fraction of sp³-hybridized carbons (Fsp3) is 0.565. The molecular weight excluding hydrogens is 388 g/mol. The highest BCUT2D eigenvalue weighted by Crippen LogP contribution is 2.31. The van der Waals surface area contributed by atoms with E-state index < -0.39 is 0 Å². The van der Waals surface area contributed by atoms with Crippen molar-refractivity contribution >= 4 is 22.8 Å². The molecule has 5 rings (SSSR count). The van der Waals surface area contributed by atoms with Gasteiger partial charge in [-0.2, -0.15) is 10.1 Å². The molecule has 0 spiro atoms. The molecule has 8 heteroatoms. The van der Waals surface area contributed by atoms with Gasteiger partial charge in [-0.25, -0.2) is 14.6 Å².